The third kappa shape index (κ3) is 12700. The summed E-state index contributed by atoms with van der Waals surface area (Å²) in [5, 5.41) is 0. The fourth-order valence-electron chi connectivity index (χ4n) is 0. The fraction of sp³-hybridized carbons (Fsp3) is 1.00. The van der Waals surface area contributed by atoms with E-state index in [9.17, 15) is 0 Å². The van der Waals surface area contributed by atoms with Gasteiger partial charge in [0.25, 0.3) is 0 Å². The Morgan fingerprint density at radius 2 is 0.714 bits per heavy atom. The van der Waals surface area contributed by atoms with Gasteiger partial charge in [0, 0.05) is 0 Å². The van der Waals surface area contributed by atoms with Crippen LogP contribution in [0.3, 0.4) is 0 Å². The second-order valence-electron chi connectivity index (χ2n) is 5.62. The third-order valence-corrected chi connectivity index (χ3v) is 0. The van der Waals surface area contributed by atoms with E-state index < -0.39 is 18.6 Å². The summed E-state index contributed by atoms with van der Waals surface area (Å²) in [5.41, 5.74) is 0. The molecule has 0 aromatic carbocycles. The normalized spacial score (nSPS) is 10.4. The van der Waals surface area contributed by atoms with Gasteiger partial charge in [-0.15, -0.1) is 0 Å². The quantitative estimate of drug-likeness (QED) is 0.371. The molecule has 0 saturated heterocycles. The van der Waals surface area contributed by atoms with Gasteiger partial charge in [0.15, 0.2) is 0 Å². The van der Waals surface area contributed by atoms with Gasteiger partial charge in [0.05, 0.1) is 56.4 Å². The maximum atomic E-state index is 8.58. The molecule has 0 fully saturated rings. The number of rotatable bonds is 0. The molecule has 0 radical (unpaired) electrons. The van der Waals surface area contributed by atoms with Gasteiger partial charge in [-0.05, 0) is 0 Å². The van der Waals surface area contributed by atoms with Crippen LogP contribution in [0.4, 0.5) is 0 Å². The van der Waals surface area contributed by atoms with E-state index in [1.54, 1.807) is 0 Å². The maximum absolute atomic E-state index is 8.58. The van der Waals surface area contributed by atoms with Gasteiger partial charge in [-0.3, -0.25) is 0 Å². The molecule has 0 aliphatic heterocycles. The Hall–Kier alpha value is 0.354. The summed E-state index contributed by atoms with van der Waals surface area (Å²) in [6.45, 7) is 0. The van der Waals surface area contributed by atoms with Crippen molar-refractivity contribution in [2.45, 2.75) is 0 Å². The van der Waals surface area contributed by atoms with Crippen molar-refractivity contribution >= 4 is 0 Å². The summed E-state index contributed by atoms with van der Waals surface area (Å²) >= 11 is -4.08. The molecule has 88 valence electrons. The van der Waals surface area contributed by atoms with Crippen LogP contribution >= 0.6 is 0 Å². The molecule has 0 aromatic rings. The molecule has 0 heterocycles. The van der Waals surface area contributed by atoms with Crippen molar-refractivity contribution < 1.29 is 38.3 Å². The van der Waals surface area contributed by atoms with Crippen molar-refractivity contribution in [3.05, 3.63) is 0 Å². The molecule has 0 aliphatic rings. The molecule has 0 rings (SSSR count). The van der Waals surface area contributed by atoms with Crippen molar-refractivity contribution in [3.63, 3.8) is 0 Å². The van der Waals surface area contributed by atoms with Crippen LogP contribution < -0.4 is 7.38 Å². The Kier molecular flexibility index (Phi) is 12.3. The van der Waals surface area contributed by atoms with Crippen LogP contribution in [0.5, 0.6) is 0 Å². The molecule has 0 aliphatic carbocycles. The zero-order valence-electron chi connectivity index (χ0n) is 10.6. The van der Waals surface area contributed by atoms with E-state index in [0.29, 0.717) is 0 Å². The summed E-state index contributed by atoms with van der Waals surface area (Å²) in [7, 11) is 17.0. The minimum absolute atomic E-state index is 1.00. The molecule has 0 N–H and O–H groups in total. The molecular formula is C8H24N2O3Ti. The van der Waals surface area contributed by atoms with Crippen LogP contribution in [0.15, 0.2) is 0 Å². The summed E-state index contributed by atoms with van der Waals surface area (Å²) in [6, 6.07) is 0. The molecule has 0 atom stereocenters. The molecule has 0 aromatic heterocycles. The van der Waals surface area contributed by atoms with Crippen LogP contribution in [-0.4, -0.2) is 65.3 Å². The molecule has 0 bridgehead atoms. The van der Waals surface area contributed by atoms with Crippen LogP contribution in [0.2, 0.25) is 0 Å². The fourth-order valence-corrected chi connectivity index (χ4v) is 0. The SMILES string of the molecule is C[N+](C)(C)C.C[N+](C)(C)C.[O]=[Ti]([O-])[O-]. The summed E-state index contributed by atoms with van der Waals surface area (Å²) in [4.78, 5) is 0. The monoisotopic (exact) mass is 244 g/mol. The second kappa shape index (κ2) is 8.65. The van der Waals surface area contributed by atoms with E-state index in [-0.39, 0.29) is 0 Å². The van der Waals surface area contributed by atoms with Crippen LogP contribution in [-0.2, 0) is 21.9 Å². The van der Waals surface area contributed by atoms with Crippen molar-refractivity contribution in [3.8, 4) is 0 Å². The first-order chi connectivity index (χ1) is 5.73. The van der Waals surface area contributed by atoms with E-state index in [1.165, 1.54) is 0 Å². The average Bonchev–Trinajstić information content (AvgIpc) is 1.45. The Morgan fingerprint density at radius 1 is 0.714 bits per heavy atom. The summed E-state index contributed by atoms with van der Waals surface area (Å²) < 4.78 is 27.8. The number of hydrogen-bond acceptors (Lipinski definition) is 3. The van der Waals surface area contributed by atoms with Gasteiger partial charge in [0.1, 0.15) is 0 Å². The number of nitrogens with zero attached hydrogens (tertiary/aromatic N) is 2. The second-order valence-corrected chi connectivity index (χ2v) is 6.40. The number of quaternary nitrogens is 2. The first kappa shape index (κ1) is 19.9. The van der Waals surface area contributed by atoms with Gasteiger partial charge < -0.3 is 8.97 Å². The molecule has 0 unspecified atom stereocenters. The summed E-state index contributed by atoms with van der Waals surface area (Å²) in [6.07, 6.45) is 0. The standard InChI is InChI=1S/2C4H12N.3O.Ti/c2*1-5(2,3)4;;;;/h2*1-4H3;;;;/q2*+1;;2*-1;. The molecule has 0 saturated carbocycles. The molecule has 0 amide bonds. The molecule has 14 heavy (non-hydrogen) atoms. The first-order valence-electron chi connectivity index (χ1n) is 4.19. The Bertz CT molecular complexity index is 122. The Morgan fingerprint density at radius 3 is 0.714 bits per heavy atom. The first-order valence-corrected chi connectivity index (χ1v) is 6.10. The third-order valence-electron chi connectivity index (χ3n) is 0. The molecule has 0 spiro atoms. The molecular weight excluding hydrogens is 220 g/mol. The zero-order chi connectivity index (χ0) is 12.6. The Labute approximate surface area is 94.9 Å². The number of hydrogen-bond donors (Lipinski definition) is 0. The van der Waals surface area contributed by atoms with Gasteiger partial charge >= 0.3 is 29.3 Å². The van der Waals surface area contributed by atoms with Gasteiger partial charge in [-0.1, -0.05) is 0 Å². The van der Waals surface area contributed by atoms with E-state index in [1.807, 2.05) is 0 Å². The van der Waals surface area contributed by atoms with Crippen molar-refractivity contribution in [2.75, 3.05) is 56.4 Å². The van der Waals surface area contributed by atoms with Crippen LogP contribution in [0.1, 0.15) is 0 Å². The molecule has 6 heteroatoms. The van der Waals surface area contributed by atoms with Crippen molar-refractivity contribution in [1.82, 2.24) is 0 Å². The zero-order valence-corrected chi connectivity index (χ0v) is 12.2. The predicted octanol–water partition coefficient (Wildman–Crippen LogP) is -1.85. The van der Waals surface area contributed by atoms with E-state index >= 15 is 0 Å². The molecule has 5 nitrogen and oxygen atoms in total. The van der Waals surface area contributed by atoms with Gasteiger partial charge in [-0.2, -0.15) is 0 Å². The van der Waals surface area contributed by atoms with Crippen LogP contribution in [0, 0.1) is 0 Å². The van der Waals surface area contributed by atoms with E-state index in [4.69, 9.17) is 10.7 Å². The van der Waals surface area contributed by atoms with Crippen molar-refractivity contribution in [2.24, 2.45) is 0 Å². The van der Waals surface area contributed by atoms with Gasteiger partial charge in [0.2, 0.25) is 0 Å². The van der Waals surface area contributed by atoms with Crippen LogP contribution in [0.25, 0.3) is 0 Å². The predicted molar refractivity (Wildman–Crippen MR) is 48.6 cm³/mol. The van der Waals surface area contributed by atoms with E-state index in [0.717, 1.165) is 8.97 Å². The van der Waals surface area contributed by atoms with Crippen molar-refractivity contribution in [1.29, 1.82) is 0 Å². The Balaban J connectivity index is -0.000000131. The topological polar surface area (TPSA) is 63.2 Å². The van der Waals surface area contributed by atoms with Gasteiger partial charge in [-0.25, -0.2) is 0 Å². The summed E-state index contributed by atoms with van der Waals surface area (Å²) in [5.74, 6) is 0. The van der Waals surface area contributed by atoms with E-state index in [2.05, 4.69) is 56.4 Å². The average molecular weight is 244 g/mol. The minimum atomic E-state index is -4.08.